The van der Waals surface area contributed by atoms with Crippen LogP contribution in [0.1, 0.15) is 34.1 Å². The van der Waals surface area contributed by atoms with Gasteiger partial charge in [-0.15, -0.1) is 0 Å². The molecule has 2 nitrogen and oxygen atoms in total. The van der Waals surface area contributed by atoms with Gasteiger partial charge in [-0.05, 0) is 6.42 Å². The Bertz CT molecular complexity index is 124. The highest BCUT2D eigenvalue weighted by molar-refractivity contribution is 5.88. The average Bonchev–Trinajstić information content (AvgIpc) is 1.83. The topological polar surface area (TPSA) is 43.1 Å². The molecule has 0 aromatic heterocycles. The molecule has 0 fully saturated rings. The lowest BCUT2D eigenvalue weighted by Crippen LogP contribution is -2.38. The SMILES string of the molecule is CC[C@H](N)C(=O)C(C)(C)C. The van der Waals surface area contributed by atoms with Crippen LogP contribution < -0.4 is 5.73 Å². The van der Waals surface area contributed by atoms with E-state index in [9.17, 15) is 4.79 Å². The van der Waals surface area contributed by atoms with Gasteiger partial charge in [-0.1, -0.05) is 27.7 Å². The zero-order valence-corrected chi connectivity index (χ0v) is 7.27. The standard InChI is InChI=1S/C8H17NO/c1-5-6(9)7(10)8(2,3)4/h6H,5,9H2,1-4H3/t6-/m0/s1. The zero-order chi connectivity index (χ0) is 8.36. The van der Waals surface area contributed by atoms with Crippen molar-refractivity contribution in [3.8, 4) is 0 Å². The molecule has 0 radical (unpaired) electrons. The molecule has 1 atom stereocenters. The van der Waals surface area contributed by atoms with Crippen molar-refractivity contribution in [1.82, 2.24) is 0 Å². The van der Waals surface area contributed by atoms with Gasteiger partial charge in [-0.3, -0.25) is 4.79 Å². The molecular weight excluding hydrogens is 126 g/mol. The van der Waals surface area contributed by atoms with Crippen molar-refractivity contribution in [3.05, 3.63) is 0 Å². The molecule has 10 heavy (non-hydrogen) atoms. The molecule has 0 saturated carbocycles. The lowest BCUT2D eigenvalue weighted by molar-refractivity contribution is -0.127. The van der Waals surface area contributed by atoms with E-state index in [1.165, 1.54) is 0 Å². The normalized spacial score (nSPS) is 14.9. The summed E-state index contributed by atoms with van der Waals surface area (Å²) in [5.74, 6) is 0.148. The zero-order valence-electron chi connectivity index (χ0n) is 7.27. The maximum absolute atomic E-state index is 11.3. The number of carbonyl (C=O) groups is 1. The van der Waals surface area contributed by atoms with Crippen LogP contribution in [0.4, 0.5) is 0 Å². The molecule has 0 saturated heterocycles. The van der Waals surface area contributed by atoms with E-state index < -0.39 is 0 Å². The fraction of sp³-hybridized carbons (Fsp3) is 0.875. The van der Waals surface area contributed by atoms with E-state index in [4.69, 9.17) is 5.73 Å². The van der Waals surface area contributed by atoms with Crippen LogP contribution >= 0.6 is 0 Å². The summed E-state index contributed by atoms with van der Waals surface area (Å²) in [6.07, 6.45) is 0.732. The van der Waals surface area contributed by atoms with Gasteiger partial charge in [0.15, 0.2) is 5.78 Å². The van der Waals surface area contributed by atoms with E-state index in [2.05, 4.69) is 0 Å². The van der Waals surface area contributed by atoms with Crippen LogP contribution in [0.5, 0.6) is 0 Å². The molecule has 2 heteroatoms. The van der Waals surface area contributed by atoms with Crippen LogP contribution in [0, 0.1) is 5.41 Å². The second kappa shape index (κ2) is 3.15. The summed E-state index contributed by atoms with van der Waals surface area (Å²) in [6, 6.07) is -0.278. The highest BCUT2D eigenvalue weighted by Crippen LogP contribution is 2.16. The Morgan fingerprint density at radius 3 is 2.00 bits per heavy atom. The molecule has 0 aliphatic heterocycles. The molecule has 0 unspecified atom stereocenters. The minimum absolute atomic E-state index is 0.148. The first-order valence-electron chi connectivity index (χ1n) is 3.69. The predicted octanol–water partition coefficient (Wildman–Crippen LogP) is 1.34. The van der Waals surface area contributed by atoms with E-state index >= 15 is 0 Å². The molecule has 0 amide bonds. The first-order valence-corrected chi connectivity index (χ1v) is 3.69. The summed E-state index contributed by atoms with van der Waals surface area (Å²) >= 11 is 0. The molecule has 0 bridgehead atoms. The Morgan fingerprint density at radius 2 is 1.90 bits per heavy atom. The van der Waals surface area contributed by atoms with Gasteiger partial charge in [0.05, 0.1) is 6.04 Å². The maximum atomic E-state index is 11.3. The number of Topliss-reactive ketones (excluding diaryl/α,β-unsaturated/α-hetero) is 1. The van der Waals surface area contributed by atoms with Gasteiger partial charge in [0, 0.05) is 5.41 Å². The fourth-order valence-corrected chi connectivity index (χ4v) is 0.742. The molecule has 0 aliphatic rings. The fourth-order valence-electron chi connectivity index (χ4n) is 0.742. The Labute approximate surface area is 62.8 Å². The third-order valence-electron chi connectivity index (χ3n) is 1.52. The minimum Gasteiger partial charge on any atom is -0.321 e. The number of hydrogen-bond acceptors (Lipinski definition) is 2. The lowest BCUT2D eigenvalue weighted by atomic mass is 9.86. The second-order valence-corrected chi connectivity index (χ2v) is 3.63. The van der Waals surface area contributed by atoms with Gasteiger partial charge in [0.1, 0.15) is 0 Å². The number of nitrogens with two attached hydrogens (primary N) is 1. The summed E-state index contributed by atoms with van der Waals surface area (Å²) in [5, 5.41) is 0. The monoisotopic (exact) mass is 143 g/mol. The van der Waals surface area contributed by atoms with Gasteiger partial charge < -0.3 is 5.73 Å². The van der Waals surface area contributed by atoms with Gasteiger partial charge >= 0.3 is 0 Å². The van der Waals surface area contributed by atoms with Crippen molar-refractivity contribution in [3.63, 3.8) is 0 Å². The highest BCUT2D eigenvalue weighted by atomic mass is 16.1. The summed E-state index contributed by atoms with van der Waals surface area (Å²) in [5.41, 5.74) is 5.27. The van der Waals surface area contributed by atoms with Crippen molar-refractivity contribution in [2.75, 3.05) is 0 Å². The molecule has 0 heterocycles. The third-order valence-corrected chi connectivity index (χ3v) is 1.52. The molecule has 0 aliphatic carbocycles. The first-order chi connectivity index (χ1) is 4.39. The summed E-state index contributed by atoms with van der Waals surface area (Å²) in [7, 11) is 0. The lowest BCUT2D eigenvalue weighted by Gasteiger charge is -2.20. The van der Waals surface area contributed by atoms with Crippen LogP contribution in [0.15, 0.2) is 0 Å². The summed E-state index contributed by atoms with van der Waals surface area (Å²) in [4.78, 5) is 11.3. The summed E-state index contributed by atoms with van der Waals surface area (Å²) < 4.78 is 0. The first kappa shape index (κ1) is 9.63. The molecule has 0 rings (SSSR count). The van der Waals surface area contributed by atoms with Gasteiger partial charge in [-0.2, -0.15) is 0 Å². The molecule has 0 aromatic rings. The number of ketones is 1. The van der Waals surface area contributed by atoms with Crippen molar-refractivity contribution in [2.24, 2.45) is 11.1 Å². The number of carbonyl (C=O) groups excluding carboxylic acids is 1. The Hall–Kier alpha value is -0.370. The minimum atomic E-state index is -0.282. The smallest absolute Gasteiger partial charge is 0.154 e. The van der Waals surface area contributed by atoms with Crippen LogP contribution in [0.25, 0.3) is 0 Å². The Morgan fingerprint density at radius 1 is 1.50 bits per heavy atom. The average molecular weight is 143 g/mol. The van der Waals surface area contributed by atoms with E-state index in [0.717, 1.165) is 6.42 Å². The van der Waals surface area contributed by atoms with E-state index in [1.54, 1.807) is 0 Å². The largest absolute Gasteiger partial charge is 0.321 e. The van der Waals surface area contributed by atoms with Crippen molar-refractivity contribution in [2.45, 2.75) is 40.2 Å². The molecule has 0 aromatic carbocycles. The molecule has 2 N–H and O–H groups in total. The van der Waals surface area contributed by atoms with Gasteiger partial charge in [0.25, 0.3) is 0 Å². The van der Waals surface area contributed by atoms with Crippen molar-refractivity contribution in [1.29, 1.82) is 0 Å². The molecule has 60 valence electrons. The Kier molecular flexibility index (Phi) is 3.03. The van der Waals surface area contributed by atoms with Crippen LogP contribution in [-0.2, 0) is 4.79 Å². The van der Waals surface area contributed by atoms with Gasteiger partial charge in [-0.25, -0.2) is 0 Å². The van der Waals surface area contributed by atoms with Crippen LogP contribution in [0.2, 0.25) is 0 Å². The van der Waals surface area contributed by atoms with E-state index in [0.29, 0.717) is 0 Å². The number of rotatable bonds is 2. The Balaban J connectivity index is 4.09. The highest BCUT2D eigenvalue weighted by Gasteiger charge is 2.25. The molecular formula is C8H17NO. The second-order valence-electron chi connectivity index (χ2n) is 3.63. The van der Waals surface area contributed by atoms with Crippen LogP contribution in [0.3, 0.4) is 0 Å². The van der Waals surface area contributed by atoms with E-state index in [1.807, 2.05) is 27.7 Å². The number of hydrogen-bond donors (Lipinski definition) is 1. The van der Waals surface area contributed by atoms with Gasteiger partial charge in [0.2, 0.25) is 0 Å². The van der Waals surface area contributed by atoms with Crippen molar-refractivity contribution < 1.29 is 4.79 Å². The predicted molar refractivity (Wildman–Crippen MR) is 42.7 cm³/mol. The maximum Gasteiger partial charge on any atom is 0.154 e. The molecule has 0 spiro atoms. The quantitative estimate of drug-likeness (QED) is 0.634. The van der Waals surface area contributed by atoms with Crippen molar-refractivity contribution >= 4 is 5.78 Å². The third kappa shape index (κ3) is 2.48. The van der Waals surface area contributed by atoms with Crippen LogP contribution in [-0.4, -0.2) is 11.8 Å². The summed E-state index contributed by atoms with van der Waals surface area (Å²) in [6.45, 7) is 7.61. The van der Waals surface area contributed by atoms with E-state index in [-0.39, 0.29) is 17.2 Å².